The third kappa shape index (κ3) is 5.66. The molecule has 0 fully saturated rings. The molecule has 0 N–H and O–H groups in total. The van der Waals surface area contributed by atoms with Crippen LogP contribution in [0.25, 0.3) is 126 Å². The highest BCUT2D eigenvalue weighted by molar-refractivity contribution is 7.26. The molecule has 0 aliphatic carbocycles. The lowest BCUT2D eigenvalue weighted by Gasteiger charge is -2.17. The number of benzene rings is 9. The van der Waals surface area contributed by atoms with Crippen molar-refractivity contribution in [1.82, 2.24) is 19.5 Å². The van der Waals surface area contributed by atoms with Crippen LogP contribution in [0.3, 0.4) is 0 Å². The van der Waals surface area contributed by atoms with Crippen molar-refractivity contribution in [2.45, 2.75) is 0 Å². The van der Waals surface area contributed by atoms with Crippen LogP contribution in [-0.2, 0) is 0 Å². The van der Waals surface area contributed by atoms with Crippen LogP contribution in [-0.4, -0.2) is 19.5 Å². The minimum Gasteiger partial charge on any atom is -0.455 e. The monoisotopic (exact) mass is 829 g/mol. The van der Waals surface area contributed by atoms with Gasteiger partial charge in [-0.1, -0.05) is 164 Å². The molecule has 6 heteroatoms. The van der Waals surface area contributed by atoms with E-state index in [0.717, 1.165) is 58.8 Å². The summed E-state index contributed by atoms with van der Waals surface area (Å²) >= 11 is 1.67. The summed E-state index contributed by atoms with van der Waals surface area (Å²) < 4.78 is 73.5. The second-order valence-corrected chi connectivity index (χ2v) is 16.4. The van der Waals surface area contributed by atoms with Gasteiger partial charge in [0.05, 0.1) is 26.3 Å². The van der Waals surface area contributed by atoms with Gasteiger partial charge in [-0.25, -0.2) is 15.0 Å². The number of nitrogens with zero attached hydrogens (tertiary/aromatic N) is 4. The highest BCUT2D eigenvalue weighted by atomic mass is 32.1. The number of para-hydroxylation sites is 4. The molecule has 0 aliphatic heterocycles. The van der Waals surface area contributed by atoms with Gasteiger partial charge in [-0.15, -0.1) is 11.3 Å². The molecule has 13 aromatic rings. The average Bonchev–Trinajstić information content (AvgIpc) is 4.10. The number of thiophene rings is 1. The second-order valence-electron chi connectivity index (χ2n) is 15.4. The molecule has 0 saturated carbocycles. The Labute approximate surface area is 375 Å². The molecule has 0 saturated heterocycles. The molecular weight excluding hydrogens is 789 g/mol. The molecule has 294 valence electrons. The van der Waals surface area contributed by atoms with E-state index in [-0.39, 0.29) is 52.0 Å². The van der Waals surface area contributed by atoms with E-state index in [4.69, 9.17) is 26.2 Å². The van der Waals surface area contributed by atoms with Crippen LogP contribution in [0.5, 0.6) is 0 Å². The molecule has 5 nitrogen and oxygen atoms in total. The molecule has 0 spiro atoms. The van der Waals surface area contributed by atoms with E-state index >= 15 is 0 Å². The molecule has 0 aliphatic rings. The molecule has 0 unspecified atom stereocenters. The van der Waals surface area contributed by atoms with Gasteiger partial charge in [-0.2, -0.15) is 0 Å². The SMILES string of the molecule is [2H]c1cc([2H])c2c(c1[2H])c1c([2H])c([2H])c([2H])c([2H])c1n2-c1ccc(-c2ccc(-c3nc(-c4ccccc4)nc(-c4ccccc4)n3)c3sc4ccccc4c23)cc1-c1cccc2c1oc1ccccc12. The predicted octanol–water partition coefficient (Wildman–Crippen LogP) is 15.6. The smallest absolute Gasteiger partial charge is 0.165 e. The highest BCUT2D eigenvalue weighted by Crippen LogP contribution is 2.47. The predicted molar refractivity (Wildman–Crippen MR) is 262 cm³/mol. The third-order valence-corrected chi connectivity index (χ3v) is 13.0. The van der Waals surface area contributed by atoms with Crippen LogP contribution in [0, 0.1) is 0 Å². The van der Waals surface area contributed by atoms with Gasteiger partial charge in [0, 0.05) is 69.5 Å². The van der Waals surface area contributed by atoms with Crippen LogP contribution in [0.15, 0.2) is 211 Å². The topological polar surface area (TPSA) is 56.7 Å². The number of hydrogen-bond acceptors (Lipinski definition) is 5. The van der Waals surface area contributed by atoms with Crippen molar-refractivity contribution < 1.29 is 14.0 Å². The summed E-state index contributed by atoms with van der Waals surface area (Å²) in [5.74, 6) is 1.66. The van der Waals surface area contributed by atoms with Crippen LogP contribution >= 0.6 is 11.3 Å². The first-order chi connectivity index (χ1) is 34.1. The van der Waals surface area contributed by atoms with Gasteiger partial charge < -0.3 is 8.98 Å². The van der Waals surface area contributed by atoms with Crippen LogP contribution < -0.4 is 0 Å². The van der Waals surface area contributed by atoms with Gasteiger partial charge in [-0.05, 0) is 53.5 Å². The van der Waals surface area contributed by atoms with E-state index in [9.17, 15) is 2.74 Å². The van der Waals surface area contributed by atoms with Crippen LogP contribution in [0.2, 0.25) is 0 Å². The first-order valence-electron chi connectivity index (χ1n) is 24.0. The van der Waals surface area contributed by atoms with E-state index in [0.29, 0.717) is 45.5 Å². The van der Waals surface area contributed by atoms with Gasteiger partial charge in [0.1, 0.15) is 11.2 Å². The quantitative estimate of drug-likeness (QED) is 0.167. The summed E-state index contributed by atoms with van der Waals surface area (Å²) in [6.07, 6.45) is 0. The Hall–Kier alpha value is -8.19. The highest BCUT2D eigenvalue weighted by Gasteiger charge is 2.23. The standard InChI is InChI=1S/C57H34N4OS/c1-3-16-35(17-4-1)55-58-56(36-18-5-2-6-19-36)60-57(59-55)45-32-31-38(52-44-23-10-14-29-51(44)63-54(45)52)37-30-33-49(61-47-26-11-7-20-39(47)40-21-8-12-27-48(40)61)46(34-37)43-25-15-24-42-41-22-9-13-28-50(41)62-53(42)43/h1-34H/i7D,8D,11D,20D,21D,26D,27D. The van der Waals surface area contributed by atoms with Crippen molar-refractivity contribution in [1.29, 1.82) is 0 Å². The van der Waals surface area contributed by atoms with Crippen molar-refractivity contribution in [3.8, 4) is 62.1 Å². The molecule has 63 heavy (non-hydrogen) atoms. The Balaban J connectivity index is 1.12. The first-order valence-corrected chi connectivity index (χ1v) is 21.3. The zero-order valence-electron chi connectivity index (χ0n) is 40.2. The number of fused-ring (bicyclic) bond motifs is 9. The summed E-state index contributed by atoms with van der Waals surface area (Å²) in [5.41, 5.74) is 7.87. The van der Waals surface area contributed by atoms with E-state index < -0.39 is 12.1 Å². The lowest BCUT2D eigenvalue weighted by Crippen LogP contribution is -2.00. The number of hydrogen-bond donors (Lipinski definition) is 0. The van der Waals surface area contributed by atoms with Crippen molar-refractivity contribution >= 4 is 75.3 Å². The maximum absolute atomic E-state index is 9.35. The number of aromatic nitrogens is 4. The Morgan fingerprint density at radius 3 is 1.90 bits per heavy atom. The van der Waals surface area contributed by atoms with Gasteiger partial charge in [0.25, 0.3) is 0 Å². The van der Waals surface area contributed by atoms with Gasteiger partial charge in [0.15, 0.2) is 17.5 Å². The number of rotatable bonds is 6. The Bertz CT molecular complexity index is 4280. The fourth-order valence-electron chi connectivity index (χ4n) is 8.96. The summed E-state index contributed by atoms with van der Waals surface area (Å²) in [6.45, 7) is 0. The molecule has 0 radical (unpaired) electrons. The Morgan fingerprint density at radius 2 is 1.10 bits per heavy atom. The van der Waals surface area contributed by atoms with Crippen molar-refractivity contribution in [2.24, 2.45) is 0 Å². The second kappa shape index (κ2) is 14.2. The molecule has 9 aromatic carbocycles. The summed E-state index contributed by atoms with van der Waals surface area (Å²) in [4.78, 5) is 15.2. The normalized spacial score (nSPS) is 13.4. The van der Waals surface area contributed by atoms with Gasteiger partial charge >= 0.3 is 0 Å². The minimum atomic E-state index is -0.458. The molecular formula is C57H34N4OS. The largest absolute Gasteiger partial charge is 0.455 e. The van der Waals surface area contributed by atoms with Gasteiger partial charge in [-0.3, -0.25) is 0 Å². The first kappa shape index (κ1) is 29.1. The maximum Gasteiger partial charge on any atom is 0.165 e. The zero-order chi connectivity index (χ0) is 47.5. The van der Waals surface area contributed by atoms with E-state index in [1.54, 1.807) is 15.9 Å². The molecule has 13 rings (SSSR count). The van der Waals surface area contributed by atoms with Gasteiger partial charge in [0.2, 0.25) is 0 Å². The lowest BCUT2D eigenvalue weighted by atomic mass is 9.92. The zero-order valence-corrected chi connectivity index (χ0v) is 34.0. The van der Waals surface area contributed by atoms with E-state index in [2.05, 4.69) is 30.3 Å². The van der Waals surface area contributed by atoms with E-state index in [1.807, 2.05) is 127 Å². The van der Waals surface area contributed by atoms with Crippen LogP contribution in [0.1, 0.15) is 9.60 Å². The minimum absolute atomic E-state index is 0.0804. The Kier molecular flexibility index (Phi) is 6.57. The fraction of sp³-hybridized carbons (Fsp3) is 0. The number of furan rings is 1. The van der Waals surface area contributed by atoms with Crippen LogP contribution in [0.4, 0.5) is 0 Å². The molecule has 0 bridgehead atoms. The Morgan fingerprint density at radius 1 is 0.444 bits per heavy atom. The maximum atomic E-state index is 9.35. The summed E-state index contributed by atoms with van der Waals surface area (Å²) in [5, 5.41) is 4.07. The molecule has 4 heterocycles. The third-order valence-electron chi connectivity index (χ3n) is 11.8. The summed E-state index contributed by atoms with van der Waals surface area (Å²) in [7, 11) is 0. The summed E-state index contributed by atoms with van der Waals surface area (Å²) in [6, 6.07) is 51.3. The molecule has 4 aromatic heterocycles. The molecule has 0 atom stereocenters. The van der Waals surface area contributed by atoms with Crippen molar-refractivity contribution in [3.05, 3.63) is 206 Å². The lowest BCUT2D eigenvalue weighted by molar-refractivity contribution is 0.670. The van der Waals surface area contributed by atoms with Crippen molar-refractivity contribution in [3.63, 3.8) is 0 Å². The van der Waals surface area contributed by atoms with Crippen molar-refractivity contribution in [2.75, 3.05) is 0 Å². The fourth-order valence-corrected chi connectivity index (χ4v) is 10.2. The average molecular weight is 830 g/mol. The molecule has 0 amide bonds. The van der Waals surface area contributed by atoms with E-state index in [1.165, 1.54) is 6.07 Å².